The number of anilines is 1. The summed E-state index contributed by atoms with van der Waals surface area (Å²) < 4.78 is 0. The smallest absolute Gasteiger partial charge is 0.251 e. The van der Waals surface area contributed by atoms with Gasteiger partial charge in [0.25, 0.3) is 5.91 Å². The first-order chi connectivity index (χ1) is 8.66. The van der Waals surface area contributed by atoms with Crippen molar-refractivity contribution in [3.63, 3.8) is 0 Å². The highest BCUT2D eigenvalue weighted by Crippen LogP contribution is 2.26. The number of rotatable bonds is 4. The fourth-order valence-electron chi connectivity index (χ4n) is 2.61. The highest BCUT2D eigenvalue weighted by atomic mass is 16.1. The van der Waals surface area contributed by atoms with Crippen LogP contribution >= 0.6 is 0 Å². The molecule has 0 radical (unpaired) electrons. The molecule has 1 aromatic rings. The fraction of sp³-hybridized carbons (Fsp3) is 0.533. The summed E-state index contributed by atoms with van der Waals surface area (Å²) >= 11 is 0. The van der Waals surface area contributed by atoms with Crippen molar-refractivity contribution in [1.29, 1.82) is 0 Å². The monoisotopic (exact) mass is 246 g/mol. The van der Waals surface area contributed by atoms with Gasteiger partial charge in [-0.3, -0.25) is 4.79 Å². The van der Waals surface area contributed by atoms with E-state index in [4.69, 9.17) is 5.73 Å². The van der Waals surface area contributed by atoms with E-state index in [0.717, 1.165) is 30.1 Å². The van der Waals surface area contributed by atoms with E-state index >= 15 is 0 Å². The van der Waals surface area contributed by atoms with Crippen LogP contribution in [-0.2, 0) is 0 Å². The quantitative estimate of drug-likeness (QED) is 0.803. The lowest BCUT2D eigenvalue weighted by Gasteiger charge is -2.10. The van der Waals surface area contributed by atoms with Crippen molar-refractivity contribution in [2.75, 3.05) is 12.3 Å². The molecule has 1 aromatic carbocycles. The Balaban J connectivity index is 1.81. The minimum Gasteiger partial charge on any atom is -0.399 e. The third kappa shape index (κ3) is 3.25. The standard InChI is InChI=1S/C15H22N2O/c1-11-10-13(6-7-14(11)16)15(18)17-9-8-12-4-2-3-5-12/h6-7,10,12H,2-5,8-9,16H2,1H3,(H,17,18). The van der Waals surface area contributed by atoms with Crippen molar-refractivity contribution in [1.82, 2.24) is 5.32 Å². The van der Waals surface area contributed by atoms with Crippen molar-refractivity contribution >= 4 is 11.6 Å². The predicted octanol–water partition coefficient (Wildman–Crippen LogP) is 2.89. The molecule has 0 heterocycles. The minimum atomic E-state index is 0.0103. The van der Waals surface area contributed by atoms with Crippen LogP contribution in [0.4, 0.5) is 5.69 Å². The molecule has 1 fully saturated rings. The van der Waals surface area contributed by atoms with E-state index in [2.05, 4.69) is 5.32 Å². The first-order valence-corrected chi connectivity index (χ1v) is 6.81. The Labute approximate surface area is 109 Å². The molecule has 0 unspecified atom stereocenters. The number of hydrogen-bond acceptors (Lipinski definition) is 2. The summed E-state index contributed by atoms with van der Waals surface area (Å²) in [6.07, 6.45) is 6.49. The van der Waals surface area contributed by atoms with Crippen LogP contribution in [-0.4, -0.2) is 12.5 Å². The molecule has 2 rings (SSSR count). The van der Waals surface area contributed by atoms with Crippen LogP contribution in [0.1, 0.15) is 48.0 Å². The molecule has 1 amide bonds. The number of nitrogens with two attached hydrogens (primary N) is 1. The summed E-state index contributed by atoms with van der Waals surface area (Å²) in [7, 11) is 0. The molecule has 18 heavy (non-hydrogen) atoms. The van der Waals surface area contributed by atoms with Gasteiger partial charge in [-0.05, 0) is 43.0 Å². The van der Waals surface area contributed by atoms with Crippen LogP contribution in [0.3, 0.4) is 0 Å². The second-order valence-electron chi connectivity index (χ2n) is 5.27. The average Bonchev–Trinajstić information content (AvgIpc) is 2.85. The van der Waals surface area contributed by atoms with Crippen molar-refractivity contribution in [3.05, 3.63) is 29.3 Å². The molecular weight excluding hydrogens is 224 g/mol. The largest absolute Gasteiger partial charge is 0.399 e. The zero-order valence-electron chi connectivity index (χ0n) is 11.0. The SMILES string of the molecule is Cc1cc(C(=O)NCCC2CCCC2)ccc1N. The number of amides is 1. The first kappa shape index (κ1) is 12.9. The normalized spacial score (nSPS) is 15.8. The number of nitrogen functional groups attached to an aromatic ring is 1. The van der Waals surface area contributed by atoms with E-state index in [1.807, 2.05) is 13.0 Å². The van der Waals surface area contributed by atoms with Crippen molar-refractivity contribution in [3.8, 4) is 0 Å². The average molecular weight is 246 g/mol. The van der Waals surface area contributed by atoms with Crippen LogP contribution in [0.2, 0.25) is 0 Å². The number of carbonyl (C=O) groups excluding carboxylic acids is 1. The van der Waals surface area contributed by atoms with Crippen LogP contribution in [0, 0.1) is 12.8 Å². The molecule has 0 aromatic heterocycles. The number of nitrogens with one attached hydrogen (secondary N) is 1. The van der Waals surface area contributed by atoms with Crippen LogP contribution < -0.4 is 11.1 Å². The maximum atomic E-state index is 11.9. The number of carbonyl (C=O) groups is 1. The minimum absolute atomic E-state index is 0.0103. The van der Waals surface area contributed by atoms with Crippen molar-refractivity contribution in [2.45, 2.75) is 39.0 Å². The van der Waals surface area contributed by atoms with Gasteiger partial charge < -0.3 is 11.1 Å². The molecular formula is C15H22N2O. The Hall–Kier alpha value is -1.51. The van der Waals surface area contributed by atoms with Gasteiger partial charge in [0, 0.05) is 17.8 Å². The molecule has 3 N–H and O–H groups in total. The molecule has 1 saturated carbocycles. The highest BCUT2D eigenvalue weighted by Gasteiger charge is 2.15. The first-order valence-electron chi connectivity index (χ1n) is 6.81. The van der Waals surface area contributed by atoms with Gasteiger partial charge in [0.2, 0.25) is 0 Å². The van der Waals surface area contributed by atoms with Gasteiger partial charge in [0.05, 0.1) is 0 Å². The van der Waals surface area contributed by atoms with Gasteiger partial charge in [-0.1, -0.05) is 25.7 Å². The van der Waals surface area contributed by atoms with E-state index in [9.17, 15) is 4.79 Å². The molecule has 3 nitrogen and oxygen atoms in total. The molecule has 0 atom stereocenters. The van der Waals surface area contributed by atoms with Gasteiger partial charge in [-0.15, -0.1) is 0 Å². The zero-order chi connectivity index (χ0) is 13.0. The second-order valence-corrected chi connectivity index (χ2v) is 5.27. The summed E-state index contributed by atoms with van der Waals surface area (Å²) in [5, 5.41) is 2.99. The molecule has 98 valence electrons. The maximum Gasteiger partial charge on any atom is 0.251 e. The second kappa shape index (κ2) is 5.89. The lowest BCUT2D eigenvalue weighted by Crippen LogP contribution is -2.25. The lowest BCUT2D eigenvalue weighted by atomic mass is 10.0. The topological polar surface area (TPSA) is 55.1 Å². The molecule has 3 heteroatoms. The number of hydrogen-bond donors (Lipinski definition) is 2. The Morgan fingerprint density at radius 2 is 2.11 bits per heavy atom. The summed E-state index contributed by atoms with van der Waals surface area (Å²) in [5.74, 6) is 0.828. The van der Waals surface area contributed by atoms with Crippen molar-refractivity contribution in [2.24, 2.45) is 5.92 Å². The summed E-state index contributed by atoms with van der Waals surface area (Å²) in [6, 6.07) is 5.43. The molecule has 0 saturated heterocycles. The van der Waals surface area contributed by atoms with Gasteiger partial charge in [0.1, 0.15) is 0 Å². The van der Waals surface area contributed by atoms with Gasteiger partial charge in [-0.25, -0.2) is 0 Å². The van der Waals surface area contributed by atoms with Crippen LogP contribution in [0.15, 0.2) is 18.2 Å². The third-order valence-electron chi connectivity index (χ3n) is 3.84. The summed E-state index contributed by atoms with van der Waals surface area (Å²) in [4.78, 5) is 11.9. The Bertz CT molecular complexity index is 423. The Morgan fingerprint density at radius 1 is 1.39 bits per heavy atom. The van der Waals surface area contributed by atoms with Crippen LogP contribution in [0.5, 0.6) is 0 Å². The Morgan fingerprint density at radius 3 is 2.78 bits per heavy atom. The van der Waals surface area contributed by atoms with E-state index in [0.29, 0.717) is 5.56 Å². The number of aryl methyl sites for hydroxylation is 1. The highest BCUT2D eigenvalue weighted by molar-refractivity contribution is 5.94. The van der Waals surface area contributed by atoms with E-state index in [-0.39, 0.29) is 5.91 Å². The fourth-order valence-corrected chi connectivity index (χ4v) is 2.61. The van der Waals surface area contributed by atoms with E-state index in [1.165, 1.54) is 25.7 Å². The van der Waals surface area contributed by atoms with Gasteiger partial charge >= 0.3 is 0 Å². The van der Waals surface area contributed by atoms with E-state index < -0.39 is 0 Å². The van der Waals surface area contributed by atoms with Crippen molar-refractivity contribution < 1.29 is 4.79 Å². The van der Waals surface area contributed by atoms with Crippen LogP contribution in [0.25, 0.3) is 0 Å². The molecule has 0 bridgehead atoms. The maximum absolute atomic E-state index is 11.9. The predicted molar refractivity (Wildman–Crippen MR) is 74.5 cm³/mol. The van der Waals surface area contributed by atoms with E-state index in [1.54, 1.807) is 12.1 Å². The zero-order valence-corrected chi connectivity index (χ0v) is 11.0. The molecule has 1 aliphatic rings. The number of benzene rings is 1. The Kier molecular flexibility index (Phi) is 4.24. The summed E-state index contributed by atoms with van der Waals surface area (Å²) in [6.45, 7) is 2.71. The molecule has 0 aliphatic heterocycles. The molecule has 1 aliphatic carbocycles. The molecule has 0 spiro atoms. The third-order valence-corrected chi connectivity index (χ3v) is 3.84. The summed E-state index contributed by atoms with van der Waals surface area (Å²) in [5.41, 5.74) is 8.13. The lowest BCUT2D eigenvalue weighted by molar-refractivity contribution is 0.0951. The van der Waals surface area contributed by atoms with Gasteiger partial charge in [0.15, 0.2) is 0 Å². The van der Waals surface area contributed by atoms with Gasteiger partial charge in [-0.2, -0.15) is 0 Å².